The summed E-state index contributed by atoms with van der Waals surface area (Å²) in [6.07, 6.45) is 2.31. The molecule has 1 saturated carbocycles. The maximum Gasteiger partial charge on any atom is 0.269 e. The summed E-state index contributed by atoms with van der Waals surface area (Å²) in [5.41, 5.74) is 7.68. The summed E-state index contributed by atoms with van der Waals surface area (Å²) in [5.74, 6) is 0.0674. The molecule has 0 bridgehead atoms. The predicted molar refractivity (Wildman–Crippen MR) is 82.3 cm³/mol. The lowest BCUT2D eigenvalue weighted by molar-refractivity contribution is 0.103. The Bertz CT molecular complexity index is 648. The van der Waals surface area contributed by atoms with E-state index in [9.17, 15) is 4.79 Å². The summed E-state index contributed by atoms with van der Waals surface area (Å²) in [7, 11) is 0. The van der Waals surface area contributed by atoms with Crippen LogP contribution in [-0.2, 0) is 0 Å². The Hall–Kier alpha value is -2.08. The smallest absolute Gasteiger partial charge is 0.269 e. The van der Waals surface area contributed by atoms with Gasteiger partial charge in [0.2, 0.25) is 0 Å². The molecular weight excluding hydrogens is 272 g/mol. The first-order valence-corrected chi connectivity index (χ1v) is 7.34. The summed E-state index contributed by atoms with van der Waals surface area (Å²) in [5, 5.41) is 6.82. The molecule has 1 aliphatic carbocycles. The van der Waals surface area contributed by atoms with E-state index < -0.39 is 0 Å². The van der Waals surface area contributed by atoms with Gasteiger partial charge in [0.25, 0.3) is 5.91 Å². The molecule has 1 aliphatic rings. The second-order valence-electron chi connectivity index (χ2n) is 4.98. The van der Waals surface area contributed by atoms with Crippen LogP contribution < -0.4 is 16.4 Å². The Morgan fingerprint density at radius 1 is 1.45 bits per heavy atom. The zero-order valence-electron chi connectivity index (χ0n) is 11.1. The number of aryl methyl sites for hydroxylation is 1. The summed E-state index contributed by atoms with van der Waals surface area (Å²) >= 11 is 1.30. The molecule has 1 aromatic carbocycles. The van der Waals surface area contributed by atoms with Gasteiger partial charge in [0.15, 0.2) is 5.13 Å². The highest BCUT2D eigenvalue weighted by Gasteiger charge is 2.24. The minimum Gasteiger partial charge on any atom is -0.382 e. The van der Waals surface area contributed by atoms with Crippen LogP contribution in [0.4, 0.5) is 16.6 Å². The third-order valence-corrected chi connectivity index (χ3v) is 4.04. The third-order valence-electron chi connectivity index (χ3n) is 3.04. The van der Waals surface area contributed by atoms with Gasteiger partial charge in [0, 0.05) is 11.7 Å². The van der Waals surface area contributed by atoms with Crippen molar-refractivity contribution < 1.29 is 4.79 Å². The van der Waals surface area contributed by atoms with Gasteiger partial charge in [-0.1, -0.05) is 23.5 Å². The molecule has 1 fully saturated rings. The van der Waals surface area contributed by atoms with E-state index in [0.29, 0.717) is 10.9 Å². The maximum atomic E-state index is 12.2. The molecule has 0 spiro atoms. The van der Waals surface area contributed by atoms with Crippen molar-refractivity contribution in [3.8, 4) is 0 Å². The quantitative estimate of drug-likeness (QED) is 0.808. The number of rotatable bonds is 4. The lowest BCUT2D eigenvalue weighted by Gasteiger charge is -2.04. The maximum absolute atomic E-state index is 12.2. The number of benzene rings is 1. The molecule has 0 saturated heterocycles. The van der Waals surface area contributed by atoms with Crippen molar-refractivity contribution in [1.82, 2.24) is 4.98 Å². The summed E-state index contributed by atoms with van der Waals surface area (Å²) < 4.78 is 0. The number of amides is 1. The molecule has 5 nitrogen and oxygen atoms in total. The first-order chi connectivity index (χ1) is 9.61. The Labute approximate surface area is 121 Å². The molecule has 3 rings (SSSR count). The van der Waals surface area contributed by atoms with Crippen molar-refractivity contribution in [2.45, 2.75) is 25.8 Å². The largest absolute Gasteiger partial charge is 0.382 e. The van der Waals surface area contributed by atoms with Crippen molar-refractivity contribution in [1.29, 1.82) is 0 Å². The molecule has 0 unspecified atom stereocenters. The zero-order valence-corrected chi connectivity index (χ0v) is 12.0. The molecule has 6 heteroatoms. The molecule has 20 heavy (non-hydrogen) atoms. The zero-order chi connectivity index (χ0) is 14.1. The SMILES string of the molecule is Cc1cccc(NC(=O)c2sc(NC3CC3)nc2N)c1. The van der Waals surface area contributed by atoms with Crippen molar-refractivity contribution in [3.05, 3.63) is 34.7 Å². The van der Waals surface area contributed by atoms with E-state index in [1.165, 1.54) is 11.3 Å². The second-order valence-corrected chi connectivity index (χ2v) is 5.97. The van der Waals surface area contributed by atoms with Crippen molar-refractivity contribution in [2.24, 2.45) is 0 Å². The molecule has 1 aromatic heterocycles. The van der Waals surface area contributed by atoms with E-state index in [2.05, 4.69) is 15.6 Å². The number of anilines is 3. The second kappa shape index (κ2) is 5.13. The Kier molecular flexibility index (Phi) is 3.31. The van der Waals surface area contributed by atoms with Crippen LogP contribution in [-0.4, -0.2) is 16.9 Å². The number of nitrogens with zero attached hydrogens (tertiary/aromatic N) is 1. The monoisotopic (exact) mass is 288 g/mol. The van der Waals surface area contributed by atoms with Gasteiger partial charge in [0.05, 0.1) is 0 Å². The highest BCUT2D eigenvalue weighted by molar-refractivity contribution is 7.18. The van der Waals surface area contributed by atoms with Gasteiger partial charge in [-0.15, -0.1) is 0 Å². The third kappa shape index (κ3) is 2.91. The van der Waals surface area contributed by atoms with Crippen LogP contribution in [0.2, 0.25) is 0 Å². The minimum absolute atomic E-state index is 0.213. The van der Waals surface area contributed by atoms with E-state index in [1.54, 1.807) is 0 Å². The van der Waals surface area contributed by atoms with Crippen LogP contribution in [0.25, 0.3) is 0 Å². The van der Waals surface area contributed by atoms with Gasteiger partial charge in [-0.05, 0) is 37.5 Å². The Morgan fingerprint density at radius 3 is 2.95 bits per heavy atom. The molecule has 2 aromatic rings. The number of aromatic nitrogens is 1. The van der Waals surface area contributed by atoms with Crippen molar-refractivity contribution >= 4 is 33.9 Å². The van der Waals surface area contributed by atoms with E-state index in [4.69, 9.17) is 5.73 Å². The van der Waals surface area contributed by atoms with Gasteiger partial charge >= 0.3 is 0 Å². The predicted octanol–water partition coefficient (Wildman–Crippen LogP) is 2.86. The van der Waals surface area contributed by atoms with E-state index in [0.717, 1.165) is 29.2 Å². The highest BCUT2D eigenvalue weighted by atomic mass is 32.1. The van der Waals surface area contributed by atoms with Gasteiger partial charge in [-0.3, -0.25) is 4.79 Å². The summed E-state index contributed by atoms with van der Waals surface area (Å²) in [4.78, 5) is 16.9. The average Bonchev–Trinajstić information content (AvgIpc) is 3.11. The number of hydrogen-bond acceptors (Lipinski definition) is 5. The van der Waals surface area contributed by atoms with Crippen LogP contribution in [0.1, 0.15) is 28.1 Å². The number of carbonyl (C=O) groups excluding carboxylic acids is 1. The van der Waals surface area contributed by atoms with Gasteiger partial charge in [0.1, 0.15) is 10.7 Å². The van der Waals surface area contributed by atoms with Crippen LogP contribution in [0.3, 0.4) is 0 Å². The van der Waals surface area contributed by atoms with Crippen LogP contribution >= 0.6 is 11.3 Å². The fourth-order valence-electron chi connectivity index (χ4n) is 1.87. The Morgan fingerprint density at radius 2 is 2.25 bits per heavy atom. The summed E-state index contributed by atoms with van der Waals surface area (Å²) in [6.45, 7) is 1.98. The van der Waals surface area contributed by atoms with E-state index >= 15 is 0 Å². The van der Waals surface area contributed by atoms with E-state index in [-0.39, 0.29) is 11.7 Å². The fourth-order valence-corrected chi connectivity index (χ4v) is 2.73. The minimum atomic E-state index is -0.213. The molecule has 0 atom stereocenters. The topological polar surface area (TPSA) is 80.0 Å². The number of nitrogens with two attached hydrogens (primary N) is 1. The van der Waals surface area contributed by atoms with Gasteiger partial charge < -0.3 is 16.4 Å². The Balaban J connectivity index is 1.74. The summed E-state index contributed by atoms with van der Waals surface area (Å²) in [6, 6.07) is 8.15. The number of thiazole rings is 1. The lowest BCUT2D eigenvalue weighted by Crippen LogP contribution is -2.12. The molecule has 0 radical (unpaired) electrons. The van der Waals surface area contributed by atoms with Crippen molar-refractivity contribution in [2.75, 3.05) is 16.4 Å². The first-order valence-electron chi connectivity index (χ1n) is 6.52. The van der Waals surface area contributed by atoms with Crippen molar-refractivity contribution in [3.63, 3.8) is 0 Å². The number of nitrogen functional groups attached to an aromatic ring is 1. The van der Waals surface area contributed by atoms with Crippen LogP contribution in [0.5, 0.6) is 0 Å². The molecular formula is C14H16N4OS. The molecule has 1 heterocycles. The molecule has 104 valence electrons. The number of carbonyl (C=O) groups is 1. The highest BCUT2D eigenvalue weighted by Crippen LogP contribution is 2.30. The van der Waals surface area contributed by atoms with Gasteiger partial charge in [-0.2, -0.15) is 0 Å². The lowest BCUT2D eigenvalue weighted by atomic mass is 10.2. The molecule has 4 N–H and O–H groups in total. The van der Waals surface area contributed by atoms with Crippen LogP contribution in [0, 0.1) is 6.92 Å². The number of nitrogens with one attached hydrogen (secondary N) is 2. The number of hydrogen-bond donors (Lipinski definition) is 3. The first kappa shape index (κ1) is 12.9. The fraction of sp³-hybridized carbons (Fsp3) is 0.286. The van der Waals surface area contributed by atoms with Gasteiger partial charge in [-0.25, -0.2) is 4.98 Å². The molecule has 0 aliphatic heterocycles. The average molecular weight is 288 g/mol. The van der Waals surface area contributed by atoms with E-state index in [1.807, 2.05) is 31.2 Å². The van der Waals surface area contributed by atoms with Crippen LogP contribution in [0.15, 0.2) is 24.3 Å². The standard InChI is InChI=1S/C14H16N4OS/c1-8-3-2-4-10(7-8)16-13(19)11-12(15)18-14(20-11)17-9-5-6-9/h2-4,7,9H,5-6,15H2,1H3,(H,16,19)(H,17,18). The normalized spacial score (nSPS) is 14.1. The molecule has 1 amide bonds.